The Morgan fingerprint density at radius 2 is 1.91 bits per heavy atom. The Labute approximate surface area is 191 Å². The molecule has 170 valence electrons. The van der Waals surface area contributed by atoms with Crippen molar-refractivity contribution in [2.45, 2.75) is 44.9 Å². The van der Waals surface area contributed by atoms with Gasteiger partial charge in [0, 0.05) is 50.4 Å². The second-order valence-corrected chi connectivity index (χ2v) is 9.48. The molecule has 3 aliphatic rings. The van der Waals surface area contributed by atoms with Gasteiger partial charge in [-0.2, -0.15) is 0 Å². The molecule has 3 aromatic rings. The van der Waals surface area contributed by atoms with Crippen LogP contribution in [0.5, 0.6) is 0 Å². The van der Waals surface area contributed by atoms with E-state index >= 15 is 0 Å². The second kappa shape index (κ2) is 8.22. The van der Waals surface area contributed by atoms with Crippen LogP contribution in [0.4, 0.5) is 0 Å². The molecule has 33 heavy (non-hydrogen) atoms. The normalized spacial score (nSPS) is 22.0. The minimum atomic E-state index is 0.0361. The third-order valence-corrected chi connectivity index (χ3v) is 7.30. The summed E-state index contributed by atoms with van der Waals surface area (Å²) in [6.45, 7) is 4.58. The number of hydrogen-bond acceptors (Lipinski definition) is 6. The molecule has 0 radical (unpaired) electrons. The number of hydrogen-bond donors (Lipinski definition) is 0. The third kappa shape index (κ3) is 3.86. The topological polar surface area (TPSA) is 89.2 Å². The molecule has 0 N–H and O–H groups in total. The van der Waals surface area contributed by atoms with E-state index in [1.165, 1.54) is 11.1 Å². The Morgan fingerprint density at radius 3 is 2.82 bits per heavy atom. The van der Waals surface area contributed by atoms with E-state index in [9.17, 15) is 9.59 Å². The molecule has 3 aliphatic heterocycles. The van der Waals surface area contributed by atoms with Gasteiger partial charge in [-0.1, -0.05) is 30.3 Å². The van der Waals surface area contributed by atoms with Crippen LogP contribution in [0, 0.1) is 5.92 Å². The van der Waals surface area contributed by atoms with Gasteiger partial charge >= 0.3 is 0 Å². The average molecular weight is 446 g/mol. The van der Waals surface area contributed by atoms with E-state index in [1.807, 2.05) is 21.6 Å². The fourth-order valence-electron chi connectivity index (χ4n) is 5.68. The molecule has 5 heterocycles. The molecule has 1 amide bonds. The van der Waals surface area contributed by atoms with Crippen LogP contribution in [-0.4, -0.2) is 60.1 Å². The van der Waals surface area contributed by atoms with Crippen LogP contribution in [0.2, 0.25) is 0 Å². The Morgan fingerprint density at radius 1 is 1.03 bits per heavy atom. The number of likely N-dealkylation sites (tertiary alicyclic amines) is 1. The highest BCUT2D eigenvalue weighted by atomic mass is 16.2. The molecular weight excluding hydrogens is 418 g/mol. The number of benzene rings is 1. The van der Waals surface area contributed by atoms with Gasteiger partial charge in [-0.3, -0.25) is 14.5 Å². The van der Waals surface area contributed by atoms with Crippen molar-refractivity contribution in [3.8, 4) is 0 Å². The van der Waals surface area contributed by atoms with Gasteiger partial charge in [0.1, 0.15) is 6.54 Å². The summed E-state index contributed by atoms with van der Waals surface area (Å²) < 4.78 is 3.53. The largest absolute Gasteiger partial charge is 0.340 e. The lowest BCUT2D eigenvalue weighted by molar-refractivity contribution is -0.134. The highest BCUT2D eigenvalue weighted by Gasteiger charge is 2.36. The van der Waals surface area contributed by atoms with Crippen molar-refractivity contribution in [1.29, 1.82) is 0 Å². The number of tetrazole rings is 1. The van der Waals surface area contributed by atoms with Crippen LogP contribution in [0.3, 0.4) is 0 Å². The standard InChI is InChI=1S/C24H27N7O2/c32-23-7-3-6-21-20-10-17(12-30(21)23)11-29(14-20)24(33)16-31-22(25-26-27-31)15-28-9-8-18-4-1-2-5-19(18)13-28/h1-7,17,20H,8-16H2. The smallest absolute Gasteiger partial charge is 0.250 e. The molecule has 2 unspecified atom stereocenters. The van der Waals surface area contributed by atoms with Crippen LogP contribution in [-0.2, 0) is 37.4 Å². The number of pyridine rings is 1. The number of fused-ring (bicyclic) bond motifs is 5. The quantitative estimate of drug-likeness (QED) is 0.596. The maximum Gasteiger partial charge on any atom is 0.250 e. The van der Waals surface area contributed by atoms with E-state index in [0.717, 1.165) is 37.4 Å². The summed E-state index contributed by atoms with van der Waals surface area (Å²) in [4.78, 5) is 29.7. The van der Waals surface area contributed by atoms with Gasteiger partial charge in [-0.25, -0.2) is 4.68 Å². The number of carbonyl (C=O) groups is 1. The van der Waals surface area contributed by atoms with Crippen molar-refractivity contribution >= 4 is 5.91 Å². The fraction of sp³-hybridized carbons (Fsp3) is 0.458. The van der Waals surface area contributed by atoms with E-state index in [0.29, 0.717) is 32.1 Å². The maximum absolute atomic E-state index is 13.2. The summed E-state index contributed by atoms with van der Waals surface area (Å²) in [7, 11) is 0. The first-order valence-corrected chi connectivity index (χ1v) is 11.7. The Balaban J connectivity index is 1.13. The first-order valence-electron chi connectivity index (χ1n) is 11.7. The van der Waals surface area contributed by atoms with Gasteiger partial charge in [0.2, 0.25) is 5.91 Å². The summed E-state index contributed by atoms with van der Waals surface area (Å²) in [6, 6.07) is 14.0. The van der Waals surface area contributed by atoms with E-state index in [1.54, 1.807) is 10.7 Å². The lowest BCUT2D eigenvalue weighted by Gasteiger charge is -2.42. The van der Waals surface area contributed by atoms with E-state index in [2.05, 4.69) is 44.7 Å². The monoisotopic (exact) mass is 445 g/mol. The van der Waals surface area contributed by atoms with Gasteiger partial charge < -0.3 is 9.47 Å². The summed E-state index contributed by atoms with van der Waals surface area (Å²) in [5.41, 5.74) is 3.85. The van der Waals surface area contributed by atoms with Crippen molar-refractivity contribution in [2.75, 3.05) is 19.6 Å². The van der Waals surface area contributed by atoms with Crippen molar-refractivity contribution < 1.29 is 4.79 Å². The van der Waals surface area contributed by atoms with E-state index in [4.69, 9.17) is 0 Å². The molecule has 9 nitrogen and oxygen atoms in total. The predicted molar refractivity (Wildman–Crippen MR) is 120 cm³/mol. The minimum absolute atomic E-state index is 0.0361. The van der Waals surface area contributed by atoms with Gasteiger partial charge in [0.05, 0.1) is 6.54 Å². The first kappa shape index (κ1) is 20.3. The number of carbonyl (C=O) groups excluding carboxylic acids is 1. The van der Waals surface area contributed by atoms with Gasteiger partial charge in [-0.05, 0) is 46.4 Å². The molecule has 1 aromatic carbocycles. The molecule has 2 atom stereocenters. The number of aromatic nitrogens is 5. The molecule has 1 saturated heterocycles. The summed E-state index contributed by atoms with van der Waals surface area (Å²) in [5, 5.41) is 12.2. The molecule has 6 rings (SSSR count). The SMILES string of the molecule is O=C(Cn1nnnc1CN1CCc2ccccc2C1)N1CC2CC(C1)c1cccc(=O)n1C2. The number of rotatable bonds is 4. The van der Waals surface area contributed by atoms with Crippen LogP contribution in [0.15, 0.2) is 47.3 Å². The molecule has 0 saturated carbocycles. The molecule has 2 bridgehead atoms. The van der Waals surface area contributed by atoms with Gasteiger partial charge in [0.15, 0.2) is 5.82 Å². The molecule has 1 fully saturated rings. The van der Waals surface area contributed by atoms with Crippen LogP contribution in [0.1, 0.15) is 35.0 Å². The zero-order chi connectivity index (χ0) is 22.4. The predicted octanol–water partition coefficient (Wildman–Crippen LogP) is 1.04. The molecule has 2 aromatic heterocycles. The first-order chi connectivity index (χ1) is 16.1. The third-order valence-electron chi connectivity index (χ3n) is 7.30. The number of piperidine rings is 1. The number of nitrogens with zero attached hydrogens (tertiary/aromatic N) is 7. The minimum Gasteiger partial charge on any atom is -0.340 e. The van der Waals surface area contributed by atoms with Crippen molar-refractivity contribution in [1.82, 2.24) is 34.6 Å². The van der Waals surface area contributed by atoms with Gasteiger partial charge in [0.25, 0.3) is 5.56 Å². The van der Waals surface area contributed by atoms with Crippen molar-refractivity contribution in [2.24, 2.45) is 5.92 Å². The number of amides is 1. The van der Waals surface area contributed by atoms with Crippen molar-refractivity contribution in [3.63, 3.8) is 0 Å². The summed E-state index contributed by atoms with van der Waals surface area (Å²) in [5.74, 6) is 1.27. The lowest BCUT2D eigenvalue weighted by Crippen LogP contribution is -2.50. The van der Waals surface area contributed by atoms with Crippen LogP contribution < -0.4 is 5.56 Å². The Hall–Kier alpha value is -3.33. The summed E-state index contributed by atoms with van der Waals surface area (Å²) >= 11 is 0. The van der Waals surface area contributed by atoms with Crippen LogP contribution in [0.25, 0.3) is 0 Å². The lowest BCUT2D eigenvalue weighted by atomic mass is 9.83. The zero-order valence-electron chi connectivity index (χ0n) is 18.5. The van der Waals surface area contributed by atoms with E-state index < -0.39 is 0 Å². The van der Waals surface area contributed by atoms with Gasteiger partial charge in [-0.15, -0.1) is 5.10 Å². The summed E-state index contributed by atoms with van der Waals surface area (Å²) in [6.07, 6.45) is 2.04. The fourth-order valence-corrected chi connectivity index (χ4v) is 5.68. The average Bonchev–Trinajstić information content (AvgIpc) is 3.26. The van der Waals surface area contributed by atoms with E-state index in [-0.39, 0.29) is 23.9 Å². The molecule has 9 heteroatoms. The molecular formula is C24H27N7O2. The molecule has 0 aliphatic carbocycles. The highest BCUT2D eigenvalue weighted by molar-refractivity contribution is 5.76. The highest BCUT2D eigenvalue weighted by Crippen LogP contribution is 2.35. The zero-order valence-corrected chi connectivity index (χ0v) is 18.5. The Bertz CT molecular complexity index is 1250. The maximum atomic E-state index is 13.2. The van der Waals surface area contributed by atoms with Crippen molar-refractivity contribution in [3.05, 3.63) is 75.5 Å². The molecule has 0 spiro atoms. The van der Waals surface area contributed by atoms with Crippen LogP contribution >= 0.6 is 0 Å². The Kier molecular flexibility index (Phi) is 5.05. The second-order valence-electron chi connectivity index (χ2n) is 9.48.